The third kappa shape index (κ3) is 64.3. The fraction of sp³-hybridized carbons (Fsp3) is 0.873. The van der Waals surface area contributed by atoms with Gasteiger partial charge in [-0.05, 0) is 57.8 Å². The molecule has 6 nitrogen and oxygen atoms in total. The Labute approximate surface area is 480 Å². The molecule has 0 fully saturated rings. The van der Waals surface area contributed by atoms with Gasteiger partial charge in [0.2, 0.25) is 0 Å². The minimum absolute atomic E-state index is 0.0696. The topological polar surface area (TPSA) is 78.9 Å². The van der Waals surface area contributed by atoms with Crippen molar-refractivity contribution in [2.45, 2.75) is 386 Å². The van der Waals surface area contributed by atoms with Crippen molar-refractivity contribution in [1.82, 2.24) is 0 Å². The standard InChI is InChI=1S/C71H132O6/c1-4-7-10-13-15-17-19-21-23-25-27-29-31-33-34-35-36-38-39-41-43-45-47-49-51-53-55-58-61-64-70(73)76-67-68(66-75-69(72)63-60-57-12-9-6-3)77-71(74)65-62-59-56-54-52-50-48-46-44-42-40-37-32-30-28-26-24-22-20-18-16-14-11-8-5-2/h20,22,26,28,32,37,68H,4-19,21,23-25,27,29-31,33-36,38-67H2,1-3H3/b22-20-,28-26-,37-32-. The van der Waals surface area contributed by atoms with Crippen LogP contribution in [0.3, 0.4) is 0 Å². The third-order valence-electron chi connectivity index (χ3n) is 15.6. The number of allylic oxidation sites excluding steroid dienone is 6. The molecule has 0 saturated carbocycles. The average molecular weight is 1080 g/mol. The van der Waals surface area contributed by atoms with Gasteiger partial charge in [-0.3, -0.25) is 14.4 Å². The van der Waals surface area contributed by atoms with Crippen molar-refractivity contribution >= 4 is 17.9 Å². The molecule has 0 aromatic rings. The molecule has 0 radical (unpaired) electrons. The zero-order valence-corrected chi connectivity index (χ0v) is 52.0. The first kappa shape index (κ1) is 74.6. The molecule has 0 saturated heterocycles. The quantitative estimate of drug-likeness (QED) is 0.0261. The van der Waals surface area contributed by atoms with Gasteiger partial charge < -0.3 is 14.2 Å². The smallest absolute Gasteiger partial charge is 0.306 e. The van der Waals surface area contributed by atoms with E-state index in [-0.39, 0.29) is 31.1 Å². The monoisotopic (exact) mass is 1080 g/mol. The van der Waals surface area contributed by atoms with Gasteiger partial charge in [0.1, 0.15) is 13.2 Å². The Morgan fingerprint density at radius 3 is 0.727 bits per heavy atom. The van der Waals surface area contributed by atoms with E-state index in [1.807, 2.05) is 0 Å². The van der Waals surface area contributed by atoms with Gasteiger partial charge >= 0.3 is 17.9 Å². The van der Waals surface area contributed by atoms with Crippen molar-refractivity contribution in [3.05, 3.63) is 36.5 Å². The summed E-state index contributed by atoms with van der Waals surface area (Å²) < 4.78 is 16.8. The number of esters is 3. The van der Waals surface area contributed by atoms with Crippen LogP contribution in [0.1, 0.15) is 380 Å². The SMILES string of the molecule is CCCCCCC/C=C\C/C=C\C/C=C\CCCCCCCCCCCCC(=O)OC(COC(=O)CCCCCCC)COC(=O)CCCCCCCCCCCCCCCCCCCCCCCCCCCCCCC. The van der Waals surface area contributed by atoms with E-state index in [9.17, 15) is 14.4 Å². The minimum Gasteiger partial charge on any atom is -0.462 e. The molecular formula is C71H132O6. The molecule has 6 heteroatoms. The zero-order valence-electron chi connectivity index (χ0n) is 52.0. The van der Waals surface area contributed by atoms with E-state index >= 15 is 0 Å². The Kier molecular flexibility index (Phi) is 64.1. The maximum absolute atomic E-state index is 12.8. The summed E-state index contributed by atoms with van der Waals surface area (Å²) in [5, 5.41) is 0. The number of carbonyl (C=O) groups excluding carboxylic acids is 3. The van der Waals surface area contributed by atoms with Crippen LogP contribution in [0, 0.1) is 0 Å². The lowest BCUT2D eigenvalue weighted by atomic mass is 10.0. The lowest BCUT2D eigenvalue weighted by molar-refractivity contribution is -0.167. The maximum atomic E-state index is 12.8. The highest BCUT2D eigenvalue weighted by molar-refractivity contribution is 5.71. The third-order valence-corrected chi connectivity index (χ3v) is 15.6. The van der Waals surface area contributed by atoms with E-state index in [0.29, 0.717) is 19.3 Å². The molecule has 0 heterocycles. The summed E-state index contributed by atoms with van der Waals surface area (Å²) in [6, 6.07) is 0. The molecule has 0 aliphatic carbocycles. The van der Waals surface area contributed by atoms with Gasteiger partial charge in [-0.2, -0.15) is 0 Å². The Morgan fingerprint density at radius 1 is 0.260 bits per heavy atom. The van der Waals surface area contributed by atoms with Gasteiger partial charge in [0.25, 0.3) is 0 Å². The molecule has 0 aromatic carbocycles. The Bertz CT molecular complexity index is 1290. The molecule has 1 unspecified atom stereocenters. The van der Waals surface area contributed by atoms with Crippen molar-refractivity contribution < 1.29 is 28.6 Å². The second-order valence-corrected chi connectivity index (χ2v) is 23.5. The Morgan fingerprint density at radius 2 is 0.468 bits per heavy atom. The molecule has 0 rings (SSSR count). The maximum Gasteiger partial charge on any atom is 0.306 e. The van der Waals surface area contributed by atoms with Crippen LogP contribution < -0.4 is 0 Å². The van der Waals surface area contributed by atoms with Crippen molar-refractivity contribution in [3.8, 4) is 0 Å². The number of carbonyl (C=O) groups is 3. The van der Waals surface area contributed by atoms with E-state index in [1.54, 1.807) is 0 Å². The molecule has 77 heavy (non-hydrogen) atoms. The molecule has 0 spiro atoms. The van der Waals surface area contributed by atoms with E-state index in [2.05, 4.69) is 57.2 Å². The fourth-order valence-electron chi connectivity index (χ4n) is 10.5. The van der Waals surface area contributed by atoms with E-state index in [1.165, 1.54) is 263 Å². The van der Waals surface area contributed by atoms with Crippen LogP contribution in [0.4, 0.5) is 0 Å². The Hall–Kier alpha value is -2.37. The van der Waals surface area contributed by atoms with Gasteiger partial charge in [0.05, 0.1) is 0 Å². The summed E-state index contributed by atoms with van der Waals surface area (Å²) >= 11 is 0. The first-order valence-corrected chi connectivity index (χ1v) is 34.5. The summed E-state index contributed by atoms with van der Waals surface area (Å²) in [4.78, 5) is 38.0. The molecule has 0 amide bonds. The van der Waals surface area contributed by atoms with Crippen LogP contribution in [0.5, 0.6) is 0 Å². The van der Waals surface area contributed by atoms with E-state index in [4.69, 9.17) is 14.2 Å². The highest BCUT2D eigenvalue weighted by atomic mass is 16.6. The van der Waals surface area contributed by atoms with E-state index in [0.717, 1.165) is 77.0 Å². The molecule has 1 atom stereocenters. The number of hydrogen-bond acceptors (Lipinski definition) is 6. The van der Waals surface area contributed by atoms with Crippen molar-refractivity contribution in [2.24, 2.45) is 0 Å². The molecular weight excluding hydrogens is 949 g/mol. The van der Waals surface area contributed by atoms with Gasteiger partial charge in [-0.1, -0.05) is 340 Å². The lowest BCUT2D eigenvalue weighted by Crippen LogP contribution is -2.30. The first-order chi connectivity index (χ1) is 38.0. The number of unbranched alkanes of at least 4 members (excludes halogenated alkanes) is 47. The van der Waals surface area contributed by atoms with Crippen LogP contribution in [0.25, 0.3) is 0 Å². The van der Waals surface area contributed by atoms with Crippen LogP contribution in [-0.4, -0.2) is 37.2 Å². The van der Waals surface area contributed by atoms with Crippen molar-refractivity contribution in [3.63, 3.8) is 0 Å². The van der Waals surface area contributed by atoms with Crippen LogP contribution >= 0.6 is 0 Å². The summed E-state index contributed by atoms with van der Waals surface area (Å²) in [5.41, 5.74) is 0. The largest absolute Gasteiger partial charge is 0.462 e. The summed E-state index contributed by atoms with van der Waals surface area (Å²) in [7, 11) is 0. The summed E-state index contributed by atoms with van der Waals surface area (Å²) in [6.45, 7) is 6.61. The number of hydrogen-bond donors (Lipinski definition) is 0. The highest BCUT2D eigenvalue weighted by Crippen LogP contribution is 2.18. The molecule has 0 bridgehead atoms. The molecule has 0 aliphatic rings. The van der Waals surface area contributed by atoms with Gasteiger partial charge in [0.15, 0.2) is 6.10 Å². The first-order valence-electron chi connectivity index (χ1n) is 34.5. The predicted octanol–water partition coefficient (Wildman–Crippen LogP) is 23.6. The lowest BCUT2D eigenvalue weighted by Gasteiger charge is -2.18. The van der Waals surface area contributed by atoms with Crippen LogP contribution in [0.2, 0.25) is 0 Å². The van der Waals surface area contributed by atoms with Gasteiger partial charge in [-0.15, -0.1) is 0 Å². The minimum atomic E-state index is -0.769. The molecule has 452 valence electrons. The molecule has 0 N–H and O–H groups in total. The van der Waals surface area contributed by atoms with Crippen molar-refractivity contribution in [1.29, 1.82) is 0 Å². The van der Waals surface area contributed by atoms with E-state index < -0.39 is 6.10 Å². The highest BCUT2D eigenvalue weighted by Gasteiger charge is 2.19. The molecule has 0 aliphatic heterocycles. The second kappa shape index (κ2) is 66.1. The van der Waals surface area contributed by atoms with Gasteiger partial charge in [0, 0.05) is 19.3 Å². The van der Waals surface area contributed by atoms with Crippen molar-refractivity contribution in [2.75, 3.05) is 13.2 Å². The fourth-order valence-corrected chi connectivity index (χ4v) is 10.5. The number of rotatable bonds is 64. The summed E-state index contributed by atoms with van der Waals surface area (Å²) in [6.07, 6.45) is 82.3. The normalized spacial score (nSPS) is 12.2. The Balaban J connectivity index is 3.95. The second-order valence-electron chi connectivity index (χ2n) is 23.5. The predicted molar refractivity (Wildman–Crippen MR) is 335 cm³/mol. The van der Waals surface area contributed by atoms with Gasteiger partial charge in [-0.25, -0.2) is 0 Å². The average Bonchev–Trinajstić information content (AvgIpc) is 3.43. The summed E-state index contributed by atoms with van der Waals surface area (Å²) in [5.74, 6) is -0.865. The van der Waals surface area contributed by atoms with Crippen LogP contribution in [0.15, 0.2) is 36.5 Å². The van der Waals surface area contributed by atoms with Crippen LogP contribution in [-0.2, 0) is 28.6 Å². The molecule has 0 aromatic heterocycles. The zero-order chi connectivity index (χ0) is 55.7. The number of ether oxygens (including phenoxy) is 3.